The maximum absolute atomic E-state index is 14.1. The zero-order chi connectivity index (χ0) is 35.5. The molecule has 10 nitrogen and oxygen atoms in total. The van der Waals surface area contributed by atoms with Gasteiger partial charge in [-0.1, -0.05) is 103 Å². The Kier molecular flexibility index (Phi) is 11.1. The molecular formula is C40H37N3O7. The van der Waals surface area contributed by atoms with Crippen LogP contribution in [0.15, 0.2) is 133 Å². The van der Waals surface area contributed by atoms with Crippen LogP contribution in [0.5, 0.6) is 23.0 Å². The highest BCUT2D eigenvalue weighted by atomic mass is 16.3. The number of carbonyl (C=O) groups excluding carboxylic acids is 3. The Bertz CT molecular complexity index is 1870. The summed E-state index contributed by atoms with van der Waals surface area (Å²) in [5, 5.41) is 47.4. The molecule has 254 valence electrons. The lowest BCUT2D eigenvalue weighted by atomic mass is 9.77. The van der Waals surface area contributed by atoms with Crippen molar-refractivity contribution in [3.63, 3.8) is 0 Å². The zero-order valence-corrected chi connectivity index (χ0v) is 27.0. The third kappa shape index (κ3) is 8.48. The van der Waals surface area contributed by atoms with Gasteiger partial charge in [-0.25, -0.2) is 0 Å². The number of amides is 3. The second-order valence-corrected chi connectivity index (χ2v) is 11.6. The van der Waals surface area contributed by atoms with Crippen molar-refractivity contribution in [1.29, 1.82) is 0 Å². The van der Waals surface area contributed by atoms with E-state index >= 15 is 0 Å². The van der Waals surface area contributed by atoms with Crippen molar-refractivity contribution in [2.45, 2.75) is 24.4 Å². The van der Waals surface area contributed by atoms with Gasteiger partial charge in [0.15, 0.2) is 23.0 Å². The van der Waals surface area contributed by atoms with E-state index in [-0.39, 0.29) is 29.5 Å². The van der Waals surface area contributed by atoms with E-state index in [1.54, 1.807) is 6.07 Å². The number of nitrogens with one attached hydrogen (secondary N) is 3. The van der Waals surface area contributed by atoms with Crippen molar-refractivity contribution in [1.82, 2.24) is 16.0 Å². The Morgan fingerprint density at radius 3 is 1.68 bits per heavy atom. The summed E-state index contributed by atoms with van der Waals surface area (Å²) < 4.78 is 0. The minimum Gasteiger partial charge on any atom is -0.504 e. The lowest BCUT2D eigenvalue weighted by molar-refractivity contribution is -0.131. The van der Waals surface area contributed by atoms with Gasteiger partial charge in [0.25, 0.3) is 0 Å². The third-order valence-electron chi connectivity index (χ3n) is 8.15. The van der Waals surface area contributed by atoms with Gasteiger partial charge in [-0.2, -0.15) is 0 Å². The monoisotopic (exact) mass is 671 g/mol. The fourth-order valence-corrected chi connectivity index (χ4v) is 5.65. The Morgan fingerprint density at radius 1 is 0.640 bits per heavy atom. The molecule has 5 aromatic carbocycles. The Hall–Kier alpha value is -6.55. The van der Waals surface area contributed by atoms with Crippen molar-refractivity contribution < 1.29 is 34.8 Å². The number of hydrogen-bond donors (Lipinski definition) is 7. The predicted octanol–water partition coefficient (Wildman–Crippen LogP) is 4.86. The fraction of sp³-hybridized carbons (Fsp3) is 0.125. The summed E-state index contributed by atoms with van der Waals surface area (Å²) in [6, 6.07) is 35.5. The van der Waals surface area contributed by atoms with E-state index in [9.17, 15) is 34.8 Å². The normalized spacial score (nSPS) is 11.8. The Morgan fingerprint density at radius 2 is 1.16 bits per heavy atom. The van der Waals surface area contributed by atoms with Crippen LogP contribution in [0.1, 0.15) is 34.2 Å². The summed E-state index contributed by atoms with van der Waals surface area (Å²) in [6.45, 7) is 0.113. The van der Waals surface area contributed by atoms with Gasteiger partial charge in [-0.15, -0.1) is 0 Å². The maximum atomic E-state index is 14.1. The standard InChI is InChI=1S/C40H37N3O7/c44-33-19-16-27(24-35(33)46)18-21-37(48)42-32(39(50)41-23-22-28-17-20-34(45)36(47)25-28)26-38(49)43-40(29-10-4-1-5-11-29,30-12-6-2-7-13-30)31-14-8-3-9-15-31/h1-21,24-25,32,44-47H,22-23,26H2,(H,41,50)(H,42,48)(H,43,49)/t32-/m0/s1. The number of carbonyl (C=O) groups is 3. The van der Waals surface area contributed by atoms with E-state index in [1.807, 2.05) is 91.0 Å². The van der Waals surface area contributed by atoms with E-state index in [4.69, 9.17) is 0 Å². The lowest BCUT2D eigenvalue weighted by Gasteiger charge is -2.37. The molecule has 1 atom stereocenters. The first-order valence-electron chi connectivity index (χ1n) is 15.9. The van der Waals surface area contributed by atoms with Crippen molar-refractivity contribution in [2.75, 3.05) is 6.54 Å². The van der Waals surface area contributed by atoms with Crippen molar-refractivity contribution >= 4 is 23.8 Å². The Labute approximate surface area is 289 Å². The summed E-state index contributed by atoms with van der Waals surface area (Å²) in [6.07, 6.45) is 2.44. The SMILES string of the molecule is O=C(C=Cc1ccc(O)c(O)c1)N[C@@H](CC(=O)NC(c1ccccc1)(c1ccccc1)c1ccccc1)C(=O)NCCc1ccc(O)c(O)c1. The molecule has 0 bridgehead atoms. The molecule has 5 aromatic rings. The van der Waals surface area contributed by atoms with Crippen LogP contribution in [0.3, 0.4) is 0 Å². The molecule has 3 amide bonds. The number of benzene rings is 5. The van der Waals surface area contributed by atoms with Gasteiger partial charge < -0.3 is 36.4 Å². The Balaban J connectivity index is 1.42. The summed E-state index contributed by atoms with van der Waals surface area (Å²) in [7, 11) is 0. The molecule has 0 aliphatic rings. The van der Waals surface area contributed by atoms with Gasteiger partial charge in [0.05, 0.1) is 6.42 Å². The number of aromatic hydroxyl groups is 4. The summed E-state index contributed by atoms with van der Waals surface area (Å²) in [5.74, 6) is -3.02. The molecule has 0 spiro atoms. The molecule has 0 aliphatic carbocycles. The van der Waals surface area contributed by atoms with Gasteiger partial charge in [0.2, 0.25) is 17.7 Å². The van der Waals surface area contributed by atoms with Crippen LogP contribution in [-0.2, 0) is 26.3 Å². The molecule has 0 saturated carbocycles. The van der Waals surface area contributed by atoms with Crippen LogP contribution in [0.4, 0.5) is 0 Å². The van der Waals surface area contributed by atoms with Gasteiger partial charge in [-0.05, 0) is 64.6 Å². The van der Waals surface area contributed by atoms with Crippen LogP contribution in [0.25, 0.3) is 6.08 Å². The van der Waals surface area contributed by atoms with E-state index in [1.165, 1.54) is 36.4 Å². The number of rotatable bonds is 13. The van der Waals surface area contributed by atoms with E-state index in [0.717, 1.165) is 22.8 Å². The molecule has 0 aromatic heterocycles. The molecule has 0 unspecified atom stereocenters. The average molecular weight is 672 g/mol. The quantitative estimate of drug-likeness (QED) is 0.0533. The van der Waals surface area contributed by atoms with Gasteiger partial charge in [-0.3, -0.25) is 14.4 Å². The summed E-state index contributed by atoms with van der Waals surface area (Å²) in [5.41, 5.74) is 2.28. The zero-order valence-electron chi connectivity index (χ0n) is 27.0. The van der Waals surface area contributed by atoms with Crippen molar-refractivity contribution in [2.24, 2.45) is 0 Å². The molecule has 0 aliphatic heterocycles. The molecule has 10 heteroatoms. The molecule has 0 saturated heterocycles. The third-order valence-corrected chi connectivity index (χ3v) is 8.15. The first kappa shape index (κ1) is 34.8. The second kappa shape index (κ2) is 16.0. The molecule has 7 N–H and O–H groups in total. The number of phenolic OH excluding ortho intramolecular Hbond substituents is 4. The predicted molar refractivity (Wildman–Crippen MR) is 189 cm³/mol. The molecule has 50 heavy (non-hydrogen) atoms. The van der Waals surface area contributed by atoms with E-state index in [0.29, 0.717) is 17.5 Å². The fourth-order valence-electron chi connectivity index (χ4n) is 5.65. The van der Waals surface area contributed by atoms with Crippen LogP contribution in [0.2, 0.25) is 0 Å². The van der Waals surface area contributed by atoms with Gasteiger partial charge in [0.1, 0.15) is 11.6 Å². The minimum atomic E-state index is -1.30. The largest absolute Gasteiger partial charge is 0.504 e. The summed E-state index contributed by atoms with van der Waals surface area (Å²) in [4.78, 5) is 40.8. The highest BCUT2D eigenvalue weighted by Crippen LogP contribution is 2.37. The molecular weight excluding hydrogens is 634 g/mol. The molecule has 5 rings (SSSR count). The van der Waals surface area contributed by atoms with E-state index in [2.05, 4.69) is 16.0 Å². The number of phenols is 4. The topological polar surface area (TPSA) is 168 Å². The molecule has 0 heterocycles. The van der Waals surface area contributed by atoms with Crippen molar-refractivity contribution in [3.8, 4) is 23.0 Å². The van der Waals surface area contributed by atoms with Crippen LogP contribution >= 0.6 is 0 Å². The summed E-state index contributed by atoms with van der Waals surface area (Å²) >= 11 is 0. The number of hydrogen-bond acceptors (Lipinski definition) is 7. The highest BCUT2D eigenvalue weighted by Gasteiger charge is 2.38. The molecule has 0 radical (unpaired) electrons. The second-order valence-electron chi connectivity index (χ2n) is 11.6. The van der Waals surface area contributed by atoms with Crippen molar-refractivity contribution in [3.05, 3.63) is 161 Å². The van der Waals surface area contributed by atoms with Crippen LogP contribution in [0, 0.1) is 0 Å². The molecule has 0 fully saturated rings. The highest BCUT2D eigenvalue weighted by molar-refractivity contribution is 5.97. The van der Waals surface area contributed by atoms with Crippen LogP contribution in [-0.4, -0.2) is 50.7 Å². The van der Waals surface area contributed by atoms with E-state index < -0.39 is 35.7 Å². The maximum Gasteiger partial charge on any atom is 0.244 e. The first-order chi connectivity index (χ1) is 24.2. The van der Waals surface area contributed by atoms with Gasteiger partial charge in [0, 0.05) is 12.6 Å². The average Bonchev–Trinajstić information content (AvgIpc) is 3.13. The van der Waals surface area contributed by atoms with Crippen LogP contribution < -0.4 is 16.0 Å². The van der Waals surface area contributed by atoms with Gasteiger partial charge >= 0.3 is 0 Å². The first-order valence-corrected chi connectivity index (χ1v) is 15.9. The lowest BCUT2D eigenvalue weighted by Crippen LogP contribution is -2.53. The minimum absolute atomic E-state index is 0.113. The smallest absolute Gasteiger partial charge is 0.244 e.